The predicted octanol–water partition coefficient (Wildman–Crippen LogP) is 4.68. The molecule has 84 valence electrons. The molecule has 2 rings (SSSR count). The number of hydrogen-bond donors (Lipinski definition) is 0. The van der Waals surface area contributed by atoms with Crippen LogP contribution in [0, 0.1) is 14.9 Å². The summed E-state index contributed by atoms with van der Waals surface area (Å²) < 4.78 is 0. The second-order valence-corrected chi connectivity index (χ2v) is 3.29. The molecule has 0 aromatic rings. The van der Waals surface area contributed by atoms with Crippen LogP contribution >= 0.6 is 0 Å². The van der Waals surface area contributed by atoms with Crippen molar-refractivity contribution in [2.24, 2.45) is 0 Å². The molecular weight excluding hydrogens is 347 g/mol. The summed E-state index contributed by atoms with van der Waals surface area (Å²) in [6, 6.07) is 0. The van der Waals surface area contributed by atoms with Gasteiger partial charge in [-0.1, -0.05) is 47.6 Å². The Bertz CT molecular complexity index is 227. The third-order valence-electron chi connectivity index (χ3n) is 1.91. The number of hydrogen-bond acceptors (Lipinski definition) is 0. The van der Waals surface area contributed by atoms with Gasteiger partial charge in [0.2, 0.25) is 0 Å². The molecule has 0 aromatic heterocycles. The van der Waals surface area contributed by atoms with E-state index in [0.29, 0.717) is 0 Å². The van der Waals surface area contributed by atoms with Gasteiger partial charge in [-0.3, -0.25) is 0 Å². The molecule has 0 amide bonds. The summed E-state index contributed by atoms with van der Waals surface area (Å²) in [4.78, 5) is 0. The van der Waals surface area contributed by atoms with Crippen molar-refractivity contribution in [1.82, 2.24) is 0 Å². The van der Waals surface area contributed by atoms with Gasteiger partial charge in [0.25, 0.3) is 0 Å². The molecule has 0 fully saturated rings. The van der Waals surface area contributed by atoms with Crippen molar-refractivity contribution in [3.8, 4) is 0 Å². The van der Waals surface area contributed by atoms with E-state index >= 15 is 0 Å². The molecule has 0 spiro atoms. The maximum absolute atomic E-state index is 2.16. The van der Waals surface area contributed by atoms with Gasteiger partial charge in [0, 0.05) is 25.8 Å². The third kappa shape index (κ3) is 10.1. The molecular formula is C14H22Hf-2. The van der Waals surface area contributed by atoms with Crippen LogP contribution in [0.5, 0.6) is 0 Å². The summed E-state index contributed by atoms with van der Waals surface area (Å²) in [7, 11) is 0. The van der Waals surface area contributed by atoms with E-state index in [0.717, 1.165) is 0 Å². The van der Waals surface area contributed by atoms with Gasteiger partial charge in [0.1, 0.15) is 0 Å². The minimum absolute atomic E-state index is 0. The number of allylic oxidation sites excluding steroid dienone is 8. The van der Waals surface area contributed by atoms with E-state index in [9.17, 15) is 0 Å². The van der Waals surface area contributed by atoms with Crippen LogP contribution in [0.15, 0.2) is 47.6 Å². The Morgan fingerprint density at radius 1 is 0.800 bits per heavy atom. The summed E-state index contributed by atoms with van der Waals surface area (Å²) in [5, 5.41) is 0. The van der Waals surface area contributed by atoms with Crippen molar-refractivity contribution in [1.29, 1.82) is 0 Å². The molecule has 15 heavy (non-hydrogen) atoms. The van der Waals surface area contributed by atoms with E-state index in [4.69, 9.17) is 0 Å². The first-order valence-electron chi connectivity index (χ1n) is 4.43. The zero-order chi connectivity index (χ0) is 8.81. The van der Waals surface area contributed by atoms with Gasteiger partial charge in [0.05, 0.1) is 0 Å². The van der Waals surface area contributed by atoms with Crippen LogP contribution in [0.2, 0.25) is 0 Å². The molecule has 2 aliphatic carbocycles. The number of rotatable bonds is 0. The Balaban J connectivity index is -0.000000160. The Hall–Kier alpha value is -0.170. The largest absolute Gasteiger partial charge is 0.358 e. The zero-order valence-electron chi connectivity index (χ0n) is 10.4. The Morgan fingerprint density at radius 3 is 1.20 bits per heavy atom. The summed E-state index contributed by atoms with van der Waals surface area (Å²) in [6.45, 7) is 4.28. The average Bonchev–Trinajstić information content (AvgIpc) is 2.63. The van der Waals surface area contributed by atoms with Crippen LogP contribution in [0.4, 0.5) is 0 Å². The molecule has 1 heteroatoms. The predicted molar refractivity (Wildman–Crippen MR) is 67.9 cm³/mol. The van der Waals surface area contributed by atoms with Crippen molar-refractivity contribution in [2.45, 2.75) is 26.7 Å². The first kappa shape index (κ1) is 20.3. The normalized spacial score (nSPS) is 14.8. The van der Waals surface area contributed by atoms with Crippen molar-refractivity contribution in [3.63, 3.8) is 0 Å². The van der Waals surface area contributed by atoms with Crippen LogP contribution in [0.3, 0.4) is 0 Å². The Morgan fingerprint density at radius 2 is 1.13 bits per heavy atom. The van der Waals surface area contributed by atoms with E-state index in [1.165, 1.54) is 24.0 Å². The summed E-state index contributed by atoms with van der Waals surface area (Å²) >= 11 is 0. The van der Waals surface area contributed by atoms with E-state index in [2.05, 4.69) is 50.3 Å². The van der Waals surface area contributed by atoms with Crippen LogP contribution in [0.1, 0.15) is 26.7 Å². The fourth-order valence-corrected chi connectivity index (χ4v) is 1.11. The van der Waals surface area contributed by atoms with E-state index in [-0.39, 0.29) is 40.7 Å². The van der Waals surface area contributed by atoms with E-state index in [1.807, 2.05) is 0 Å². The molecule has 0 radical (unpaired) electrons. The molecule has 0 saturated heterocycles. The standard InChI is InChI=1S/2C6H8.2CH3.Hf/c2*1-6-4-2-3-5-6;;;/h2*2-4H,5H2,1H3;2*1H3;/q;;2*-1;. The summed E-state index contributed by atoms with van der Waals surface area (Å²) in [5.41, 5.74) is 2.94. The van der Waals surface area contributed by atoms with Gasteiger partial charge in [-0.05, 0) is 26.7 Å². The van der Waals surface area contributed by atoms with Crippen LogP contribution in [-0.4, -0.2) is 0 Å². The second kappa shape index (κ2) is 11.9. The molecule has 0 unspecified atom stereocenters. The molecule has 0 nitrogen and oxygen atoms in total. The van der Waals surface area contributed by atoms with E-state index in [1.54, 1.807) is 0 Å². The topological polar surface area (TPSA) is 0 Å². The fourth-order valence-electron chi connectivity index (χ4n) is 1.11. The maximum Gasteiger partial charge on any atom is 0 e. The Kier molecular flexibility index (Phi) is 16.1. The van der Waals surface area contributed by atoms with Gasteiger partial charge in [-0.25, -0.2) is 0 Å². The fraction of sp³-hybridized carbons (Fsp3) is 0.286. The minimum Gasteiger partial charge on any atom is -0.358 e. The Labute approximate surface area is 115 Å². The van der Waals surface area contributed by atoms with Gasteiger partial charge in [-0.2, -0.15) is 0 Å². The van der Waals surface area contributed by atoms with Crippen molar-refractivity contribution < 1.29 is 25.8 Å². The van der Waals surface area contributed by atoms with Gasteiger partial charge >= 0.3 is 0 Å². The molecule has 0 bridgehead atoms. The quantitative estimate of drug-likeness (QED) is 0.430. The van der Waals surface area contributed by atoms with Crippen LogP contribution in [0.25, 0.3) is 0 Å². The maximum atomic E-state index is 2.16. The molecule has 2 aliphatic rings. The first-order chi connectivity index (χ1) is 5.79. The first-order valence-corrected chi connectivity index (χ1v) is 4.43. The van der Waals surface area contributed by atoms with Crippen LogP contribution < -0.4 is 0 Å². The van der Waals surface area contributed by atoms with Crippen molar-refractivity contribution in [2.75, 3.05) is 0 Å². The van der Waals surface area contributed by atoms with Crippen molar-refractivity contribution in [3.05, 3.63) is 62.5 Å². The molecule has 0 atom stereocenters. The molecule has 0 saturated carbocycles. The molecule has 0 aliphatic heterocycles. The minimum atomic E-state index is 0. The second-order valence-electron chi connectivity index (χ2n) is 3.29. The van der Waals surface area contributed by atoms with E-state index < -0.39 is 0 Å². The average molecular weight is 369 g/mol. The SMILES string of the molecule is CC1=CC=CC1.CC1=CC=CC1.[CH3-].[CH3-].[Hf]. The van der Waals surface area contributed by atoms with Gasteiger partial charge < -0.3 is 14.9 Å². The third-order valence-corrected chi connectivity index (χ3v) is 1.91. The smallest absolute Gasteiger partial charge is 0 e. The van der Waals surface area contributed by atoms with Gasteiger partial charge in [0.15, 0.2) is 0 Å². The molecule has 0 heterocycles. The van der Waals surface area contributed by atoms with Crippen molar-refractivity contribution >= 4 is 0 Å². The summed E-state index contributed by atoms with van der Waals surface area (Å²) in [5.74, 6) is 0. The van der Waals surface area contributed by atoms with Crippen LogP contribution in [-0.2, 0) is 25.8 Å². The van der Waals surface area contributed by atoms with Gasteiger partial charge in [-0.15, -0.1) is 0 Å². The monoisotopic (exact) mass is 370 g/mol. The molecule has 0 aromatic carbocycles. The zero-order valence-corrected chi connectivity index (χ0v) is 14.0. The molecule has 0 N–H and O–H groups in total. The summed E-state index contributed by atoms with van der Waals surface area (Å²) in [6.07, 6.45) is 15.1.